The first-order valence-electron chi connectivity index (χ1n) is 5.12. The van der Waals surface area contributed by atoms with Crippen molar-refractivity contribution in [3.8, 4) is 0 Å². The van der Waals surface area contributed by atoms with E-state index in [0.717, 1.165) is 18.4 Å². The zero-order valence-electron chi connectivity index (χ0n) is 9.24. The molecule has 2 rings (SSSR count). The third kappa shape index (κ3) is 2.76. The van der Waals surface area contributed by atoms with E-state index in [9.17, 15) is 8.42 Å². The minimum absolute atomic E-state index is 0.0299. The minimum Gasteiger partial charge on any atom is -0.273 e. The monoisotopic (exact) mass is 294 g/mol. The zero-order chi connectivity index (χ0) is 12.7. The van der Waals surface area contributed by atoms with Gasteiger partial charge in [0.1, 0.15) is 0 Å². The molecule has 0 amide bonds. The van der Waals surface area contributed by atoms with Crippen LogP contribution in [-0.2, 0) is 19.7 Å². The first-order chi connectivity index (χ1) is 7.88. The summed E-state index contributed by atoms with van der Waals surface area (Å²) in [5.41, 5.74) is 0.445. The van der Waals surface area contributed by atoms with Gasteiger partial charge in [-0.2, -0.15) is 8.42 Å². The van der Waals surface area contributed by atoms with Crippen molar-refractivity contribution in [1.82, 2.24) is 0 Å². The van der Waals surface area contributed by atoms with Crippen molar-refractivity contribution in [2.45, 2.75) is 18.3 Å². The molecule has 17 heavy (non-hydrogen) atoms. The van der Waals surface area contributed by atoms with E-state index in [2.05, 4.69) is 4.18 Å². The van der Waals surface area contributed by atoms with E-state index < -0.39 is 15.5 Å². The van der Waals surface area contributed by atoms with Crippen LogP contribution in [0, 0.1) is 0 Å². The van der Waals surface area contributed by atoms with E-state index in [1.54, 1.807) is 18.2 Å². The van der Waals surface area contributed by atoms with Crippen LogP contribution >= 0.6 is 23.2 Å². The maximum Gasteiger partial charge on any atom is 0.267 e. The van der Waals surface area contributed by atoms with Gasteiger partial charge in [0.2, 0.25) is 0 Å². The SMILES string of the molecule is COS(=O)(=O)CC1(c2ccc(Cl)cc2Cl)CC1. The highest BCUT2D eigenvalue weighted by Gasteiger charge is 2.48. The van der Waals surface area contributed by atoms with Gasteiger partial charge in [-0.1, -0.05) is 29.3 Å². The third-order valence-electron chi connectivity index (χ3n) is 3.06. The Hall–Kier alpha value is -0.290. The maximum atomic E-state index is 11.5. The Labute approximate surface area is 111 Å². The second-order valence-corrected chi connectivity index (χ2v) is 6.85. The molecule has 0 N–H and O–H groups in total. The first-order valence-corrected chi connectivity index (χ1v) is 7.46. The van der Waals surface area contributed by atoms with Crippen LogP contribution in [0.5, 0.6) is 0 Å². The van der Waals surface area contributed by atoms with E-state index in [0.29, 0.717) is 10.0 Å². The van der Waals surface area contributed by atoms with Gasteiger partial charge in [-0.15, -0.1) is 0 Å². The summed E-state index contributed by atoms with van der Waals surface area (Å²) in [5.74, 6) is -0.0299. The molecule has 3 nitrogen and oxygen atoms in total. The van der Waals surface area contributed by atoms with Crippen LogP contribution in [0.1, 0.15) is 18.4 Å². The molecule has 1 aliphatic carbocycles. The van der Waals surface area contributed by atoms with E-state index in [1.165, 1.54) is 7.11 Å². The predicted molar refractivity (Wildman–Crippen MR) is 68.2 cm³/mol. The quantitative estimate of drug-likeness (QED) is 0.802. The minimum atomic E-state index is -3.48. The second-order valence-electron chi connectivity index (χ2n) is 4.27. The Kier molecular flexibility index (Phi) is 3.42. The van der Waals surface area contributed by atoms with Gasteiger partial charge in [0.15, 0.2) is 0 Å². The topological polar surface area (TPSA) is 43.4 Å². The molecule has 6 heteroatoms. The summed E-state index contributed by atoms with van der Waals surface area (Å²) < 4.78 is 27.5. The lowest BCUT2D eigenvalue weighted by atomic mass is 9.98. The predicted octanol–water partition coefficient (Wildman–Crippen LogP) is 3.00. The molecule has 1 aromatic rings. The van der Waals surface area contributed by atoms with E-state index >= 15 is 0 Å². The van der Waals surface area contributed by atoms with Crippen molar-refractivity contribution in [3.05, 3.63) is 33.8 Å². The zero-order valence-corrected chi connectivity index (χ0v) is 11.6. The standard InChI is InChI=1S/C11H12Cl2O3S/c1-16-17(14,15)7-11(4-5-11)9-3-2-8(12)6-10(9)13/h2-3,6H,4-5,7H2,1H3. The lowest BCUT2D eigenvalue weighted by molar-refractivity contribution is 0.393. The summed E-state index contributed by atoms with van der Waals surface area (Å²) in [6.45, 7) is 0. The van der Waals surface area contributed by atoms with Crippen LogP contribution in [0.15, 0.2) is 18.2 Å². The van der Waals surface area contributed by atoms with Gasteiger partial charge in [-0.3, -0.25) is 4.18 Å². The molecule has 0 heterocycles. The summed E-state index contributed by atoms with van der Waals surface area (Å²) in [6, 6.07) is 5.16. The maximum absolute atomic E-state index is 11.5. The van der Waals surface area contributed by atoms with Crippen LogP contribution in [0.4, 0.5) is 0 Å². The molecule has 0 bridgehead atoms. The van der Waals surface area contributed by atoms with Crippen molar-refractivity contribution in [2.24, 2.45) is 0 Å². The molecule has 0 aliphatic heterocycles. The van der Waals surface area contributed by atoms with E-state index in [4.69, 9.17) is 23.2 Å². The van der Waals surface area contributed by atoms with Crippen LogP contribution in [0.25, 0.3) is 0 Å². The van der Waals surface area contributed by atoms with Crippen LogP contribution in [-0.4, -0.2) is 21.3 Å². The second kappa shape index (κ2) is 4.43. The van der Waals surface area contributed by atoms with Gasteiger partial charge in [-0.05, 0) is 30.5 Å². The molecule has 1 saturated carbocycles. The van der Waals surface area contributed by atoms with Gasteiger partial charge in [0.05, 0.1) is 12.9 Å². The number of hydrogen-bond acceptors (Lipinski definition) is 3. The smallest absolute Gasteiger partial charge is 0.267 e. The molecule has 1 aromatic carbocycles. The van der Waals surface area contributed by atoms with Crippen LogP contribution < -0.4 is 0 Å². The van der Waals surface area contributed by atoms with Gasteiger partial charge in [-0.25, -0.2) is 0 Å². The Morgan fingerprint density at radius 3 is 2.47 bits per heavy atom. The van der Waals surface area contributed by atoms with Crippen molar-refractivity contribution in [3.63, 3.8) is 0 Å². The summed E-state index contributed by atoms with van der Waals surface area (Å²) in [5, 5.41) is 1.06. The first kappa shape index (κ1) is 13.1. The fraction of sp³-hybridized carbons (Fsp3) is 0.455. The van der Waals surface area contributed by atoms with Gasteiger partial charge >= 0.3 is 0 Å². The van der Waals surface area contributed by atoms with Gasteiger partial charge in [0, 0.05) is 15.5 Å². The third-order valence-corrected chi connectivity index (χ3v) is 5.02. The molecular weight excluding hydrogens is 283 g/mol. The molecule has 94 valence electrons. The molecule has 0 atom stereocenters. The summed E-state index contributed by atoms with van der Waals surface area (Å²) in [7, 11) is -2.31. The molecule has 1 aliphatic rings. The van der Waals surface area contributed by atoms with Crippen molar-refractivity contribution >= 4 is 33.3 Å². The average molecular weight is 295 g/mol. The normalized spacial score (nSPS) is 18.1. The van der Waals surface area contributed by atoms with Crippen molar-refractivity contribution in [1.29, 1.82) is 0 Å². The van der Waals surface area contributed by atoms with Crippen LogP contribution in [0.3, 0.4) is 0 Å². The molecule has 0 spiro atoms. The largest absolute Gasteiger partial charge is 0.273 e. The Bertz CT molecular complexity index is 536. The Morgan fingerprint density at radius 2 is 2.00 bits per heavy atom. The summed E-state index contributed by atoms with van der Waals surface area (Å²) >= 11 is 11.9. The highest BCUT2D eigenvalue weighted by molar-refractivity contribution is 7.86. The fourth-order valence-electron chi connectivity index (χ4n) is 1.96. The van der Waals surface area contributed by atoms with Crippen LogP contribution in [0.2, 0.25) is 10.0 Å². The molecular formula is C11H12Cl2O3S. The number of halogens is 2. The molecule has 0 aromatic heterocycles. The highest BCUT2D eigenvalue weighted by Crippen LogP contribution is 2.51. The number of benzene rings is 1. The summed E-state index contributed by atoms with van der Waals surface area (Å²) in [4.78, 5) is 0. The van der Waals surface area contributed by atoms with Gasteiger partial charge < -0.3 is 0 Å². The lowest BCUT2D eigenvalue weighted by Crippen LogP contribution is -2.22. The van der Waals surface area contributed by atoms with Crippen molar-refractivity contribution < 1.29 is 12.6 Å². The van der Waals surface area contributed by atoms with E-state index in [-0.39, 0.29) is 5.75 Å². The molecule has 0 unspecified atom stereocenters. The fourth-order valence-corrected chi connectivity index (χ4v) is 3.81. The summed E-state index contributed by atoms with van der Waals surface area (Å²) in [6.07, 6.45) is 1.61. The molecule has 1 fully saturated rings. The number of hydrogen-bond donors (Lipinski definition) is 0. The van der Waals surface area contributed by atoms with E-state index in [1.807, 2.05) is 0 Å². The Morgan fingerprint density at radius 1 is 1.35 bits per heavy atom. The number of rotatable bonds is 4. The Balaban J connectivity index is 2.33. The molecule has 0 saturated heterocycles. The molecule has 0 radical (unpaired) electrons. The average Bonchev–Trinajstić information content (AvgIpc) is 2.97. The highest BCUT2D eigenvalue weighted by atomic mass is 35.5. The lowest BCUT2D eigenvalue weighted by Gasteiger charge is -2.16. The van der Waals surface area contributed by atoms with Crippen molar-refractivity contribution in [2.75, 3.05) is 12.9 Å². The van der Waals surface area contributed by atoms with Gasteiger partial charge in [0.25, 0.3) is 10.1 Å².